The van der Waals surface area contributed by atoms with Gasteiger partial charge in [0.25, 0.3) is 0 Å². The van der Waals surface area contributed by atoms with E-state index in [2.05, 4.69) is 10.6 Å². The Morgan fingerprint density at radius 3 is 2.41 bits per heavy atom. The number of anilines is 1. The van der Waals surface area contributed by atoms with Crippen molar-refractivity contribution in [2.24, 2.45) is 5.92 Å². The van der Waals surface area contributed by atoms with Crippen molar-refractivity contribution in [3.63, 3.8) is 0 Å². The number of methoxy groups -OCH3 is 1. The zero-order valence-corrected chi connectivity index (χ0v) is 13.7. The van der Waals surface area contributed by atoms with E-state index in [0.29, 0.717) is 23.8 Å². The number of carbonyl (C=O) groups excluding carboxylic acids is 2. The van der Waals surface area contributed by atoms with E-state index in [1.165, 1.54) is 14.0 Å². The normalized spacial score (nSPS) is 11.7. The van der Waals surface area contributed by atoms with E-state index in [-0.39, 0.29) is 17.7 Å². The van der Waals surface area contributed by atoms with Crippen LogP contribution in [0.2, 0.25) is 0 Å². The molecular formula is C16H24N2O4. The second-order valence-corrected chi connectivity index (χ2v) is 5.21. The van der Waals surface area contributed by atoms with Crippen molar-refractivity contribution >= 4 is 17.5 Å². The van der Waals surface area contributed by atoms with Gasteiger partial charge in [-0.3, -0.25) is 9.59 Å². The summed E-state index contributed by atoms with van der Waals surface area (Å²) in [5, 5.41) is 5.44. The van der Waals surface area contributed by atoms with Gasteiger partial charge in [-0.25, -0.2) is 0 Å². The van der Waals surface area contributed by atoms with Gasteiger partial charge in [-0.1, -0.05) is 13.8 Å². The Labute approximate surface area is 131 Å². The highest BCUT2D eigenvalue weighted by molar-refractivity contribution is 5.97. The lowest BCUT2D eigenvalue weighted by molar-refractivity contribution is -0.126. The molecule has 2 N–H and O–H groups in total. The average molecular weight is 308 g/mol. The fourth-order valence-corrected chi connectivity index (χ4v) is 1.99. The Bertz CT molecular complexity index is 529. The van der Waals surface area contributed by atoms with Crippen molar-refractivity contribution in [3.8, 4) is 11.5 Å². The summed E-state index contributed by atoms with van der Waals surface area (Å²) in [6.07, 6.45) is 0. The standard InChI is InChI=1S/C16H24N2O4/c1-6-22-13-8-7-12(9-14(13)21-5)18-16(20)15(10(2)3)17-11(4)19/h7-10,15H,6H2,1-5H3,(H,17,19)(H,18,20). The highest BCUT2D eigenvalue weighted by atomic mass is 16.5. The molecule has 0 saturated carbocycles. The molecule has 0 aromatic heterocycles. The molecule has 22 heavy (non-hydrogen) atoms. The molecule has 0 heterocycles. The number of hydrogen-bond donors (Lipinski definition) is 2. The van der Waals surface area contributed by atoms with Gasteiger partial charge in [0.2, 0.25) is 11.8 Å². The third-order valence-electron chi connectivity index (χ3n) is 3.04. The number of amides is 2. The van der Waals surface area contributed by atoms with Gasteiger partial charge in [0.15, 0.2) is 11.5 Å². The highest BCUT2D eigenvalue weighted by Crippen LogP contribution is 2.30. The molecule has 1 aromatic rings. The number of carbonyl (C=O) groups is 2. The Hall–Kier alpha value is -2.24. The number of benzene rings is 1. The Morgan fingerprint density at radius 2 is 1.91 bits per heavy atom. The predicted octanol–water partition coefficient (Wildman–Crippen LogP) is 2.19. The summed E-state index contributed by atoms with van der Waals surface area (Å²) in [6, 6.07) is 4.57. The van der Waals surface area contributed by atoms with Gasteiger partial charge < -0.3 is 20.1 Å². The minimum atomic E-state index is -0.588. The number of ether oxygens (including phenoxy) is 2. The highest BCUT2D eigenvalue weighted by Gasteiger charge is 2.23. The summed E-state index contributed by atoms with van der Waals surface area (Å²) in [6.45, 7) is 7.55. The zero-order chi connectivity index (χ0) is 16.7. The first-order valence-electron chi connectivity index (χ1n) is 7.27. The molecule has 1 rings (SSSR count). The molecule has 0 aliphatic rings. The van der Waals surface area contributed by atoms with Crippen LogP contribution in [0.3, 0.4) is 0 Å². The Morgan fingerprint density at radius 1 is 1.23 bits per heavy atom. The molecule has 6 nitrogen and oxygen atoms in total. The zero-order valence-electron chi connectivity index (χ0n) is 13.7. The van der Waals surface area contributed by atoms with Gasteiger partial charge in [-0.15, -0.1) is 0 Å². The van der Waals surface area contributed by atoms with E-state index >= 15 is 0 Å². The van der Waals surface area contributed by atoms with E-state index in [1.54, 1.807) is 18.2 Å². The molecule has 0 spiro atoms. The monoisotopic (exact) mass is 308 g/mol. The lowest BCUT2D eigenvalue weighted by atomic mass is 10.0. The quantitative estimate of drug-likeness (QED) is 0.809. The molecule has 0 aliphatic carbocycles. The SMILES string of the molecule is CCOc1ccc(NC(=O)C(NC(C)=O)C(C)C)cc1OC. The van der Waals surface area contributed by atoms with E-state index in [1.807, 2.05) is 20.8 Å². The molecule has 0 saturated heterocycles. The van der Waals surface area contributed by atoms with E-state index < -0.39 is 6.04 Å². The summed E-state index contributed by atoms with van der Waals surface area (Å²) >= 11 is 0. The van der Waals surface area contributed by atoms with Crippen molar-refractivity contribution in [1.29, 1.82) is 0 Å². The molecule has 1 aromatic carbocycles. The van der Waals surface area contributed by atoms with Gasteiger partial charge in [-0.05, 0) is 25.0 Å². The van der Waals surface area contributed by atoms with Gasteiger partial charge in [0.1, 0.15) is 6.04 Å². The summed E-state index contributed by atoms with van der Waals surface area (Å²) < 4.78 is 10.7. The van der Waals surface area contributed by atoms with Crippen LogP contribution in [-0.2, 0) is 9.59 Å². The summed E-state index contributed by atoms with van der Waals surface area (Å²) in [5.41, 5.74) is 0.585. The second kappa shape index (κ2) is 8.26. The molecule has 1 atom stereocenters. The number of nitrogens with one attached hydrogen (secondary N) is 2. The number of rotatable bonds is 7. The first kappa shape index (κ1) is 17.8. The van der Waals surface area contributed by atoms with Crippen LogP contribution in [0.25, 0.3) is 0 Å². The van der Waals surface area contributed by atoms with E-state index in [0.717, 1.165) is 0 Å². The van der Waals surface area contributed by atoms with Crippen LogP contribution < -0.4 is 20.1 Å². The lowest BCUT2D eigenvalue weighted by Gasteiger charge is -2.21. The van der Waals surface area contributed by atoms with E-state index in [4.69, 9.17) is 9.47 Å². The van der Waals surface area contributed by atoms with Gasteiger partial charge in [-0.2, -0.15) is 0 Å². The minimum Gasteiger partial charge on any atom is -0.493 e. The van der Waals surface area contributed by atoms with Crippen molar-refractivity contribution in [1.82, 2.24) is 5.32 Å². The Kier molecular flexibility index (Phi) is 6.69. The van der Waals surface area contributed by atoms with Gasteiger partial charge in [0.05, 0.1) is 13.7 Å². The van der Waals surface area contributed by atoms with Crippen LogP contribution in [0.5, 0.6) is 11.5 Å². The molecular weight excluding hydrogens is 284 g/mol. The van der Waals surface area contributed by atoms with Crippen LogP contribution in [0.1, 0.15) is 27.7 Å². The molecule has 122 valence electrons. The first-order valence-corrected chi connectivity index (χ1v) is 7.27. The molecule has 0 radical (unpaired) electrons. The van der Waals surface area contributed by atoms with Crippen LogP contribution in [0.15, 0.2) is 18.2 Å². The molecule has 2 amide bonds. The minimum absolute atomic E-state index is 0.0199. The maximum absolute atomic E-state index is 12.3. The average Bonchev–Trinajstić information content (AvgIpc) is 2.45. The van der Waals surface area contributed by atoms with Crippen molar-refractivity contribution in [2.75, 3.05) is 19.0 Å². The fraction of sp³-hybridized carbons (Fsp3) is 0.500. The van der Waals surface area contributed by atoms with Crippen LogP contribution >= 0.6 is 0 Å². The third-order valence-corrected chi connectivity index (χ3v) is 3.04. The third kappa shape index (κ3) is 4.95. The molecule has 0 fully saturated rings. The van der Waals surface area contributed by atoms with Gasteiger partial charge >= 0.3 is 0 Å². The van der Waals surface area contributed by atoms with Crippen molar-refractivity contribution < 1.29 is 19.1 Å². The smallest absolute Gasteiger partial charge is 0.247 e. The van der Waals surface area contributed by atoms with Crippen LogP contribution in [0.4, 0.5) is 5.69 Å². The molecule has 1 unspecified atom stereocenters. The number of hydrogen-bond acceptors (Lipinski definition) is 4. The molecule has 0 bridgehead atoms. The topological polar surface area (TPSA) is 76.7 Å². The summed E-state index contributed by atoms with van der Waals surface area (Å²) in [4.78, 5) is 23.5. The molecule has 0 aliphatic heterocycles. The van der Waals surface area contributed by atoms with Crippen molar-refractivity contribution in [2.45, 2.75) is 33.7 Å². The molecule has 6 heteroatoms. The van der Waals surface area contributed by atoms with E-state index in [9.17, 15) is 9.59 Å². The van der Waals surface area contributed by atoms with Crippen molar-refractivity contribution in [3.05, 3.63) is 18.2 Å². The summed E-state index contributed by atoms with van der Waals surface area (Å²) in [7, 11) is 1.54. The van der Waals surface area contributed by atoms with Gasteiger partial charge in [0, 0.05) is 18.7 Å². The summed E-state index contributed by atoms with van der Waals surface area (Å²) in [5.74, 6) is 0.633. The maximum atomic E-state index is 12.3. The maximum Gasteiger partial charge on any atom is 0.247 e. The van der Waals surface area contributed by atoms with Crippen LogP contribution in [-0.4, -0.2) is 31.6 Å². The predicted molar refractivity (Wildman–Crippen MR) is 85.2 cm³/mol. The second-order valence-electron chi connectivity index (χ2n) is 5.21. The fourth-order valence-electron chi connectivity index (χ4n) is 1.99. The lowest BCUT2D eigenvalue weighted by Crippen LogP contribution is -2.46. The largest absolute Gasteiger partial charge is 0.493 e. The Balaban J connectivity index is 2.88. The first-order chi connectivity index (χ1) is 10.4. The van der Waals surface area contributed by atoms with Crippen LogP contribution in [0, 0.1) is 5.92 Å².